The lowest BCUT2D eigenvalue weighted by atomic mass is 10.0. The minimum Gasteiger partial charge on any atom is -0.293 e. The molecule has 4 heterocycles. The second-order valence-corrected chi connectivity index (χ2v) is 9.79. The minimum atomic E-state index is -0.611. The monoisotopic (exact) mass is 455 g/mol. The molecule has 0 aliphatic heterocycles. The number of Topliss-reactive ketones (excluding diaryl/α,β-unsaturated/α-hetero) is 1. The first-order valence-electron chi connectivity index (χ1n) is 10.2. The highest BCUT2D eigenvalue weighted by Crippen LogP contribution is 2.38. The Morgan fingerprint density at radius 3 is 2.06 bits per heavy atom. The van der Waals surface area contributed by atoms with E-state index in [0.717, 1.165) is 41.8 Å². The zero-order valence-electron chi connectivity index (χ0n) is 17.3. The number of carbonyl (C=O) groups is 1. The molecule has 8 heteroatoms. The number of thiazole rings is 2. The number of hydrogen-bond donors (Lipinski definition) is 0. The number of ketones is 1. The van der Waals surface area contributed by atoms with Crippen LogP contribution in [0.3, 0.4) is 0 Å². The van der Waals surface area contributed by atoms with E-state index in [2.05, 4.69) is 10.1 Å². The topological polar surface area (TPSA) is 73.0 Å². The molecule has 0 amide bonds. The lowest BCUT2D eigenvalue weighted by Crippen LogP contribution is -2.14. The summed E-state index contributed by atoms with van der Waals surface area (Å²) >= 11 is 3.07. The normalized spacial score (nSPS) is 11.8. The first-order valence-corrected chi connectivity index (χ1v) is 11.8. The molecule has 0 saturated heterocycles. The molecule has 6 aromatic rings. The van der Waals surface area contributed by atoms with Gasteiger partial charge in [0.15, 0.2) is 11.4 Å². The van der Waals surface area contributed by atoms with Crippen molar-refractivity contribution in [2.45, 2.75) is 19.8 Å². The second kappa shape index (κ2) is 7.29. The maximum atomic E-state index is 14.0. The molecule has 0 atom stereocenters. The number of para-hydroxylation sites is 2. The maximum absolute atomic E-state index is 14.0. The Hall–Kier alpha value is -3.49. The summed E-state index contributed by atoms with van der Waals surface area (Å²) in [5.41, 5.74) is 4.61. The highest BCUT2D eigenvalue weighted by molar-refractivity contribution is 7.20. The summed E-state index contributed by atoms with van der Waals surface area (Å²) in [5, 5.41) is 5.91. The maximum Gasteiger partial charge on any atom is 0.185 e. The SMILES string of the molecule is Cc1cc(C)n2ncc(C(=O)C(c3nc4ccccc4s3)c3nc4ccccc4s3)c2n1. The van der Waals surface area contributed by atoms with Crippen molar-refractivity contribution >= 4 is 54.5 Å². The van der Waals surface area contributed by atoms with E-state index < -0.39 is 5.92 Å². The van der Waals surface area contributed by atoms with Gasteiger partial charge < -0.3 is 0 Å². The Morgan fingerprint density at radius 1 is 0.875 bits per heavy atom. The van der Waals surface area contributed by atoms with Crippen LogP contribution < -0.4 is 0 Å². The van der Waals surface area contributed by atoms with Crippen LogP contribution in [0.25, 0.3) is 26.1 Å². The molecule has 0 saturated carbocycles. The molecular weight excluding hydrogens is 438 g/mol. The fourth-order valence-electron chi connectivity index (χ4n) is 3.96. The van der Waals surface area contributed by atoms with Crippen molar-refractivity contribution in [3.63, 3.8) is 0 Å². The standard InChI is InChI=1S/C24H17N5OS2/c1-13-11-14(2)29-22(26-13)15(12-25-29)21(30)20(23-27-16-7-3-5-9-18(16)31-23)24-28-17-8-4-6-10-19(17)32-24/h3-12,20H,1-2H3. The fourth-order valence-corrected chi connectivity index (χ4v) is 6.17. The van der Waals surface area contributed by atoms with Crippen LogP contribution in [0, 0.1) is 13.8 Å². The van der Waals surface area contributed by atoms with Crippen LogP contribution in [-0.4, -0.2) is 30.3 Å². The molecule has 4 aromatic heterocycles. The molecule has 6 nitrogen and oxygen atoms in total. The van der Waals surface area contributed by atoms with E-state index in [-0.39, 0.29) is 5.78 Å². The van der Waals surface area contributed by atoms with Gasteiger partial charge in [0.05, 0.1) is 32.2 Å². The van der Waals surface area contributed by atoms with Crippen LogP contribution in [0.2, 0.25) is 0 Å². The van der Waals surface area contributed by atoms with E-state index in [1.165, 1.54) is 22.7 Å². The van der Waals surface area contributed by atoms with E-state index in [9.17, 15) is 4.79 Å². The summed E-state index contributed by atoms with van der Waals surface area (Å²) in [6, 6.07) is 17.8. The summed E-state index contributed by atoms with van der Waals surface area (Å²) < 4.78 is 3.81. The van der Waals surface area contributed by atoms with E-state index in [1.807, 2.05) is 68.4 Å². The predicted octanol–water partition coefficient (Wildman–Crippen LogP) is 5.58. The number of hydrogen-bond acceptors (Lipinski definition) is 7. The molecule has 6 rings (SSSR count). The Kier molecular flexibility index (Phi) is 4.38. The lowest BCUT2D eigenvalue weighted by molar-refractivity contribution is 0.0975. The molecule has 0 unspecified atom stereocenters. The Bertz CT molecular complexity index is 1500. The van der Waals surface area contributed by atoms with Crippen molar-refractivity contribution < 1.29 is 4.79 Å². The zero-order valence-corrected chi connectivity index (χ0v) is 18.9. The quantitative estimate of drug-likeness (QED) is 0.325. The number of aromatic nitrogens is 5. The number of rotatable bonds is 4. The number of benzene rings is 2. The number of fused-ring (bicyclic) bond motifs is 3. The van der Waals surface area contributed by atoms with Gasteiger partial charge in [0.1, 0.15) is 15.9 Å². The summed E-state index contributed by atoms with van der Waals surface area (Å²) in [5.74, 6) is -0.698. The highest BCUT2D eigenvalue weighted by atomic mass is 32.1. The average molecular weight is 456 g/mol. The zero-order chi connectivity index (χ0) is 21.8. The van der Waals surface area contributed by atoms with Crippen molar-refractivity contribution in [3.05, 3.63) is 87.8 Å². The molecule has 0 fully saturated rings. The van der Waals surface area contributed by atoms with Gasteiger partial charge in [-0.1, -0.05) is 24.3 Å². The molecule has 156 valence electrons. The van der Waals surface area contributed by atoms with Gasteiger partial charge in [-0.15, -0.1) is 22.7 Å². The third-order valence-corrected chi connectivity index (χ3v) is 7.62. The van der Waals surface area contributed by atoms with Crippen LogP contribution in [0.4, 0.5) is 0 Å². The highest BCUT2D eigenvalue weighted by Gasteiger charge is 2.32. The summed E-state index contributed by atoms with van der Waals surface area (Å²) in [7, 11) is 0. The van der Waals surface area contributed by atoms with Gasteiger partial charge in [0.25, 0.3) is 0 Å². The van der Waals surface area contributed by atoms with E-state index in [4.69, 9.17) is 9.97 Å². The molecule has 0 bridgehead atoms. The Balaban J connectivity index is 1.57. The van der Waals surface area contributed by atoms with Gasteiger partial charge in [-0.05, 0) is 44.2 Å². The van der Waals surface area contributed by atoms with Crippen molar-refractivity contribution in [2.75, 3.05) is 0 Å². The minimum absolute atomic E-state index is 0.0874. The van der Waals surface area contributed by atoms with Crippen LogP contribution in [0.1, 0.15) is 37.7 Å². The van der Waals surface area contributed by atoms with Crippen molar-refractivity contribution in [1.82, 2.24) is 24.6 Å². The third kappa shape index (κ3) is 3.03. The molecule has 2 aromatic carbocycles. The van der Waals surface area contributed by atoms with Crippen molar-refractivity contribution in [2.24, 2.45) is 0 Å². The van der Waals surface area contributed by atoms with Crippen LogP contribution in [-0.2, 0) is 0 Å². The predicted molar refractivity (Wildman–Crippen MR) is 128 cm³/mol. The largest absolute Gasteiger partial charge is 0.293 e. The average Bonchev–Trinajstić information content (AvgIpc) is 3.49. The molecule has 0 N–H and O–H groups in total. The third-order valence-electron chi connectivity index (χ3n) is 5.42. The van der Waals surface area contributed by atoms with Gasteiger partial charge in [0.2, 0.25) is 0 Å². The Morgan fingerprint density at radius 2 is 1.47 bits per heavy atom. The number of nitrogens with zero attached hydrogens (tertiary/aromatic N) is 5. The van der Waals surface area contributed by atoms with E-state index in [0.29, 0.717) is 11.2 Å². The molecule has 0 aliphatic carbocycles. The van der Waals surface area contributed by atoms with Gasteiger partial charge in [0, 0.05) is 11.4 Å². The molecule has 32 heavy (non-hydrogen) atoms. The molecule has 0 aliphatic rings. The second-order valence-electron chi connectivity index (χ2n) is 7.67. The molecule has 0 radical (unpaired) electrons. The summed E-state index contributed by atoms with van der Waals surface area (Å²) in [6.07, 6.45) is 1.62. The number of aryl methyl sites for hydroxylation is 2. The van der Waals surface area contributed by atoms with Gasteiger partial charge in [-0.25, -0.2) is 19.5 Å². The first-order chi connectivity index (χ1) is 15.6. The van der Waals surface area contributed by atoms with Crippen LogP contribution >= 0.6 is 22.7 Å². The fraction of sp³-hybridized carbons (Fsp3) is 0.125. The van der Waals surface area contributed by atoms with Crippen LogP contribution in [0.5, 0.6) is 0 Å². The summed E-state index contributed by atoms with van der Waals surface area (Å²) in [4.78, 5) is 28.3. The van der Waals surface area contributed by atoms with Crippen LogP contribution in [0.15, 0.2) is 60.8 Å². The number of carbonyl (C=O) groups excluding carboxylic acids is 1. The van der Waals surface area contributed by atoms with E-state index in [1.54, 1.807) is 10.7 Å². The lowest BCUT2D eigenvalue weighted by Gasteiger charge is -2.10. The van der Waals surface area contributed by atoms with Crippen molar-refractivity contribution in [3.8, 4) is 0 Å². The molecular formula is C24H17N5OS2. The molecule has 0 spiro atoms. The summed E-state index contributed by atoms with van der Waals surface area (Å²) in [6.45, 7) is 3.88. The van der Waals surface area contributed by atoms with Gasteiger partial charge >= 0.3 is 0 Å². The first kappa shape index (κ1) is 19.2. The van der Waals surface area contributed by atoms with Gasteiger partial charge in [-0.3, -0.25) is 4.79 Å². The van der Waals surface area contributed by atoms with E-state index >= 15 is 0 Å². The Labute approximate surface area is 191 Å². The van der Waals surface area contributed by atoms with Crippen molar-refractivity contribution in [1.29, 1.82) is 0 Å². The smallest absolute Gasteiger partial charge is 0.185 e. The van der Waals surface area contributed by atoms with Gasteiger partial charge in [-0.2, -0.15) is 5.10 Å².